The number of amides is 2. The van der Waals surface area contributed by atoms with Crippen LogP contribution in [0, 0.1) is 0 Å². The lowest BCUT2D eigenvalue weighted by molar-refractivity contribution is -0.123. The molecule has 156 valence electrons. The number of carbonyl (C=O) groups is 2. The Hall–Kier alpha value is -2.89. The van der Waals surface area contributed by atoms with Crippen LogP contribution in [0.15, 0.2) is 42.6 Å². The molecule has 2 fully saturated rings. The molecule has 2 aliphatic heterocycles. The molecule has 0 unspecified atom stereocenters. The van der Waals surface area contributed by atoms with Crippen LogP contribution in [0.3, 0.4) is 0 Å². The number of fused-ring (bicyclic) bond motifs is 2. The second-order valence-electron chi connectivity index (χ2n) is 8.81. The van der Waals surface area contributed by atoms with Gasteiger partial charge < -0.3 is 15.1 Å². The summed E-state index contributed by atoms with van der Waals surface area (Å²) in [6.45, 7) is 1.54. The Morgan fingerprint density at radius 2 is 1.90 bits per heavy atom. The molecule has 1 aromatic heterocycles. The van der Waals surface area contributed by atoms with Gasteiger partial charge in [-0.3, -0.25) is 9.59 Å². The third kappa shape index (κ3) is 3.06. The van der Waals surface area contributed by atoms with E-state index in [0.29, 0.717) is 5.56 Å². The lowest BCUT2D eigenvalue weighted by Crippen LogP contribution is -2.48. The maximum Gasteiger partial charge on any atom is 0.251 e. The van der Waals surface area contributed by atoms with Gasteiger partial charge in [0.15, 0.2) is 0 Å². The van der Waals surface area contributed by atoms with Crippen LogP contribution in [-0.2, 0) is 10.2 Å². The van der Waals surface area contributed by atoms with E-state index in [1.807, 2.05) is 43.4 Å². The molecular weight excluding hydrogens is 376 g/mol. The number of nitrogens with zero attached hydrogens (tertiary/aromatic N) is 3. The third-order valence-electron chi connectivity index (χ3n) is 7.13. The standard InChI is InChI=1S/C24H28N4O2/c1-27-20-10-9-17(22(29)26-18-6-2-3-7-18)16-19(20)24(23(27)30)11-14-28(15-12-24)21-8-4-5-13-25-21/h4-5,8-10,13,16,18H,2-3,6-7,11-12,14-15H2,1H3,(H,26,29). The monoisotopic (exact) mass is 404 g/mol. The third-order valence-corrected chi connectivity index (χ3v) is 7.13. The van der Waals surface area contributed by atoms with Crippen molar-refractivity contribution in [3.63, 3.8) is 0 Å². The molecule has 2 amide bonds. The van der Waals surface area contributed by atoms with E-state index in [-0.39, 0.29) is 17.9 Å². The predicted molar refractivity (Wildman–Crippen MR) is 117 cm³/mol. The number of likely N-dealkylation sites (N-methyl/N-ethyl adjacent to an activating group) is 1. The van der Waals surface area contributed by atoms with Crippen LogP contribution in [0.2, 0.25) is 0 Å². The molecular formula is C24H28N4O2. The fourth-order valence-electron chi connectivity index (χ4n) is 5.38. The lowest BCUT2D eigenvalue weighted by Gasteiger charge is -2.39. The molecule has 1 saturated heterocycles. The largest absolute Gasteiger partial charge is 0.357 e. The van der Waals surface area contributed by atoms with E-state index in [2.05, 4.69) is 15.2 Å². The number of piperidine rings is 1. The summed E-state index contributed by atoms with van der Waals surface area (Å²) in [5.41, 5.74) is 2.06. The van der Waals surface area contributed by atoms with Crippen LogP contribution < -0.4 is 15.1 Å². The topological polar surface area (TPSA) is 65.5 Å². The average molecular weight is 405 g/mol. The summed E-state index contributed by atoms with van der Waals surface area (Å²) < 4.78 is 0. The van der Waals surface area contributed by atoms with Gasteiger partial charge in [0.1, 0.15) is 5.82 Å². The second-order valence-corrected chi connectivity index (χ2v) is 8.81. The summed E-state index contributed by atoms with van der Waals surface area (Å²) in [6.07, 6.45) is 7.75. The lowest BCUT2D eigenvalue weighted by atomic mass is 9.73. The number of rotatable bonds is 3. The number of aromatic nitrogens is 1. The van der Waals surface area contributed by atoms with Crippen molar-refractivity contribution in [2.24, 2.45) is 0 Å². The quantitative estimate of drug-likeness (QED) is 0.853. The first kappa shape index (κ1) is 19.1. The molecule has 0 radical (unpaired) electrons. The van der Waals surface area contributed by atoms with Crippen molar-refractivity contribution in [2.45, 2.75) is 50.0 Å². The van der Waals surface area contributed by atoms with E-state index in [4.69, 9.17) is 0 Å². The van der Waals surface area contributed by atoms with Crippen molar-refractivity contribution in [2.75, 3.05) is 29.9 Å². The fourth-order valence-corrected chi connectivity index (χ4v) is 5.38. The van der Waals surface area contributed by atoms with Gasteiger partial charge in [0.2, 0.25) is 5.91 Å². The van der Waals surface area contributed by atoms with E-state index in [9.17, 15) is 9.59 Å². The van der Waals surface area contributed by atoms with Crippen molar-refractivity contribution in [3.05, 3.63) is 53.7 Å². The van der Waals surface area contributed by atoms with Gasteiger partial charge in [-0.1, -0.05) is 18.9 Å². The van der Waals surface area contributed by atoms with Gasteiger partial charge in [-0.25, -0.2) is 4.98 Å². The number of anilines is 2. The Kier molecular flexibility index (Phi) is 4.72. The Morgan fingerprint density at radius 1 is 1.13 bits per heavy atom. The van der Waals surface area contributed by atoms with Crippen LogP contribution in [0.1, 0.15) is 54.4 Å². The molecule has 30 heavy (non-hydrogen) atoms. The minimum atomic E-state index is -0.543. The van der Waals surface area contributed by atoms with Gasteiger partial charge in [-0.05, 0) is 61.6 Å². The van der Waals surface area contributed by atoms with Crippen LogP contribution in [-0.4, -0.2) is 43.0 Å². The first-order valence-electron chi connectivity index (χ1n) is 11.0. The van der Waals surface area contributed by atoms with E-state index in [0.717, 1.165) is 55.8 Å². The minimum Gasteiger partial charge on any atom is -0.357 e. The molecule has 5 rings (SSSR count). The van der Waals surface area contributed by atoms with E-state index in [1.165, 1.54) is 12.8 Å². The van der Waals surface area contributed by atoms with Gasteiger partial charge in [0.25, 0.3) is 5.91 Å². The van der Waals surface area contributed by atoms with E-state index in [1.54, 1.807) is 11.1 Å². The summed E-state index contributed by atoms with van der Waals surface area (Å²) in [5.74, 6) is 1.08. The summed E-state index contributed by atoms with van der Waals surface area (Å²) in [4.78, 5) is 34.6. The highest BCUT2D eigenvalue weighted by Gasteiger charge is 2.51. The molecule has 3 heterocycles. The first-order chi connectivity index (χ1) is 14.6. The summed E-state index contributed by atoms with van der Waals surface area (Å²) in [7, 11) is 1.85. The van der Waals surface area contributed by atoms with Gasteiger partial charge >= 0.3 is 0 Å². The van der Waals surface area contributed by atoms with Crippen molar-refractivity contribution >= 4 is 23.3 Å². The molecule has 6 nitrogen and oxygen atoms in total. The van der Waals surface area contributed by atoms with Gasteiger partial charge in [0, 0.05) is 43.6 Å². The zero-order valence-corrected chi connectivity index (χ0v) is 17.4. The predicted octanol–water partition coefficient (Wildman–Crippen LogP) is 3.27. The molecule has 0 atom stereocenters. The maximum absolute atomic E-state index is 13.3. The zero-order chi connectivity index (χ0) is 20.7. The van der Waals surface area contributed by atoms with Crippen LogP contribution in [0.25, 0.3) is 0 Å². The van der Waals surface area contributed by atoms with E-state index < -0.39 is 5.41 Å². The number of nitrogens with one attached hydrogen (secondary N) is 1. The summed E-state index contributed by atoms with van der Waals surface area (Å²) in [6, 6.07) is 12.0. The smallest absolute Gasteiger partial charge is 0.251 e. The molecule has 1 spiro atoms. The first-order valence-corrected chi connectivity index (χ1v) is 11.0. The number of pyridine rings is 1. The number of benzene rings is 1. The minimum absolute atomic E-state index is 0.0206. The van der Waals surface area contributed by atoms with Gasteiger partial charge in [-0.15, -0.1) is 0 Å². The Balaban J connectivity index is 1.41. The molecule has 0 bridgehead atoms. The average Bonchev–Trinajstić information content (AvgIpc) is 3.37. The molecule has 6 heteroatoms. The maximum atomic E-state index is 13.3. The molecule has 1 aliphatic carbocycles. The highest BCUT2D eigenvalue weighted by molar-refractivity contribution is 6.09. The van der Waals surface area contributed by atoms with Crippen molar-refractivity contribution in [3.8, 4) is 0 Å². The zero-order valence-electron chi connectivity index (χ0n) is 17.4. The molecule has 2 aromatic rings. The summed E-state index contributed by atoms with van der Waals surface area (Å²) >= 11 is 0. The number of hydrogen-bond donors (Lipinski definition) is 1. The van der Waals surface area contributed by atoms with Gasteiger partial charge in [-0.2, -0.15) is 0 Å². The fraction of sp³-hybridized carbons (Fsp3) is 0.458. The van der Waals surface area contributed by atoms with Gasteiger partial charge in [0.05, 0.1) is 5.41 Å². The number of carbonyl (C=O) groups excluding carboxylic acids is 2. The Labute approximate surface area is 177 Å². The van der Waals surface area contributed by atoms with Crippen molar-refractivity contribution in [1.29, 1.82) is 0 Å². The normalized spacial score (nSPS) is 20.6. The SMILES string of the molecule is CN1C(=O)C2(CCN(c3ccccn3)CC2)c2cc(C(=O)NC3CCCC3)ccc21. The Morgan fingerprint density at radius 3 is 2.60 bits per heavy atom. The van der Waals surface area contributed by atoms with Crippen LogP contribution in [0.5, 0.6) is 0 Å². The summed E-state index contributed by atoms with van der Waals surface area (Å²) in [5, 5.41) is 3.17. The van der Waals surface area contributed by atoms with Crippen LogP contribution >= 0.6 is 0 Å². The molecule has 1 N–H and O–H groups in total. The van der Waals surface area contributed by atoms with Crippen molar-refractivity contribution < 1.29 is 9.59 Å². The highest BCUT2D eigenvalue weighted by Crippen LogP contribution is 2.48. The van der Waals surface area contributed by atoms with E-state index >= 15 is 0 Å². The number of hydrogen-bond acceptors (Lipinski definition) is 4. The van der Waals surface area contributed by atoms with Crippen LogP contribution in [0.4, 0.5) is 11.5 Å². The van der Waals surface area contributed by atoms with Crippen molar-refractivity contribution in [1.82, 2.24) is 10.3 Å². The highest BCUT2D eigenvalue weighted by atomic mass is 16.2. The molecule has 3 aliphatic rings. The molecule has 1 saturated carbocycles. The molecule has 1 aromatic carbocycles. The Bertz CT molecular complexity index is 960. The second kappa shape index (κ2) is 7.42.